The second-order valence-corrected chi connectivity index (χ2v) is 8.08. The molecule has 0 unspecified atom stereocenters. The minimum Gasteiger partial charge on any atom is -0.487 e. The van der Waals surface area contributed by atoms with Gasteiger partial charge in [0, 0.05) is 17.4 Å². The van der Waals surface area contributed by atoms with Crippen LogP contribution in [0.4, 0.5) is 5.69 Å². The lowest BCUT2D eigenvalue weighted by molar-refractivity contribution is 0.104. The molecule has 0 atom stereocenters. The molecule has 1 aromatic heterocycles. The van der Waals surface area contributed by atoms with E-state index in [4.69, 9.17) is 4.74 Å². The first kappa shape index (κ1) is 20.3. The number of carbonyl (C=O) groups is 1. The highest BCUT2D eigenvalue weighted by molar-refractivity contribution is 7.92. The van der Waals surface area contributed by atoms with Crippen molar-refractivity contribution >= 4 is 27.6 Å². The molecule has 0 aliphatic carbocycles. The number of sulfonamides is 1. The molecule has 0 radical (unpaired) electrons. The van der Waals surface area contributed by atoms with Crippen molar-refractivity contribution in [2.24, 2.45) is 0 Å². The fourth-order valence-electron chi connectivity index (χ4n) is 2.50. The maximum absolute atomic E-state index is 12.3. The second kappa shape index (κ2) is 9.16. The van der Waals surface area contributed by atoms with Crippen LogP contribution in [0.3, 0.4) is 0 Å². The molecule has 29 heavy (non-hydrogen) atoms. The largest absolute Gasteiger partial charge is 0.487 e. The van der Waals surface area contributed by atoms with Crippen LogP contribution in [-0.4, -0.2) is 25.4 Å². The first-order chi connectivity index (χ1) is 13.9. The van der Waals surface area contributed by atoms with Crippen molar-refractivity contribution < 1.29 is 17.9 Å². The summed E-state index contributed by atoms with van der Waals surface area (Å²) >= 11 is 0. The number of pyridine rings is 1. The number of ether oxygens (including phenoxy) is 1. The van der Waals surface area contributed by atoms with Gasteiger partial charge in [0.25, 0.3) is 0 Å². The first-order valence-corrected chi connectivity index (χ1v) is 10.7. The molecule has 1 N–H and O–H groups in total. The molecule has 7 heteroatoms. The summed E-state index contributed by atoms with van der Waals surface area (Å²) in [5.74, 6) is 0.541. The van der Waals surface area contributed by atoms with Crippen molar-refractivity contribution in [2.75, 3.05) is 11.0 Å². The lowest BCUT2D eigenvalue weighted by Crippen LogP contribution is -2.09. The smallest absolute Gasteiger partial charge is 0.229 e. The lowest BCUT2D eigenvalue weighted by atomic mass is 10.1. The van der Waals surface area contributed by atoms with Gasteiger partial charge in [-0.15, -0.1) is 0 Å². The average molecular weight is 408 g/mol. The average Bonchev–Trinajstić information content (AvgIpc) is 2.71. The van der Waals surface area contributed by atoms with Crippen LogP contribution in [0.15, 0.2) is 79.0 Å². The summed E-state index contributed by atoms with van der Waals surface area (Å²) in [6.45, 7) is 0.388. The highest BCUT2D eigenvalue weighted by Crippen LogP contribution is 2.16. The number of hydrogen-bond donors (Lipinski definition) is 1. The summed E-state index contributed by atoms with van der Waals surface area (Å²) in [4.78, 5) is 16.5. The predicted octanol–water partition coefficient (Wildman–Crippen LogP) is 3.93. The van der Waals surface area contributed by atoms with Gasteiger partial charge in [0.1, 0.15) is 12.4 Å². The first-order valence-electron chi connectivity index (χ1n) is 8.82. The van der Waals surface area contributed by atoms with Crippen LogP contribution in [0.25, 0.3) is 6.08 Å². The molecule has 3 rings (SSSR count). The van der Waals surface area contributed by atoms with E-state index in [2.05, 4.69) is 9.71 Å². The van der Waals surface area contributed by atoms with E-state index in [-0.39, 0.29) is 5.78 Å². The van der Waals surface area contributed by atoms with Crippen molar-refractivity contribution in [3.8, 4) is 5.75 Å². The highest BCUT2D eigenvalue weighted by Gasteiger charge is 2.05. The summed E-state index contributed by atoms with van der Waals surface area (Å²) in [5, 5.41) is 0. The van der Waals surface area contributed by atoms with Crippen molar-refractivity contribution in [1.82, 2.24) is 4.98 Å². The third-order valence-corrected chi connectivity index (χ3v) is 4.50. The highest BCUT2D eigenvalue weighted by atomic mass is 32.2. The zero-order valence-electron chi connectivity index (χ0n) is 15.8. The van der Waals surface area contributed by atoms with E-state index < -0.39 is 10.0 Å². The quantitative estimate of drug-likeness (QED) is 0.451. The minimum atomic E-state index is -3.34. The summed E-state index contributed by atoms with van der Waals surface area (Å²) in [6.07, 6.45) is 5.99. The van der Waals surface area contributed by atoms with Gasteiger partial charge in [0.05, 0.1) is 11.9 Å². The summed E-state index contributed by atoms with van der Waals surface area (Å²) < 4.78 is 30.5. The monoisotopic (exact) mass is 408 g/mol. The Hall–Kier alpha value is -3.45. The minimum absolute atomic E-state index is 0.175. The number of allylic oxidation sites excluding steroid dienone is 1. The molecule has 0 bridgehead atoms. The molecule has 2 aromatic carbocycles. The Morgan fingerprint density at radius 3 is 2.38 bits per heavy atom. The number of aromatic nitrogens is 1. The maximum Gasteiger partial charge on any atom is 0.229 e. The van der Waals surface area contributed by atoms with E-state index in [9.17, 15) is 13.2 Å². The molecule has 1 heterocycles. The zero-order valence-corrected chi connectivity index (χ0v) is 16.6. The summed E-state index contributed by atoms with van der Waals surface area (Å²) in [7, 11) is -3.34. The van der Waals surface area contributed by atoms with Crippen molar-refractivity contribution in [3.05, 3.63) is 95.8 Å². The molecule has 0 aliphatic heterocycles. The number of nitrogens with one attached hydrogen (secondary N) is 1. The van der Waals surface area contributed by atoms with Crippen molar-refractivity contribution in [3.63, 3.8) is 0 Å². The van der Waals surface area contributed by atoms with Crippen LogP contribution in [0, 0.1) is 0 Å². The Kier molecular flexibility index (Phi) is 6.41. The van der Waals surface area contributed by atoms with Crippen LogP contribution >= 0.6 is 0 Å². The number of benzene rings is 2. The second-order valence-electron chi connectivity index (χ2n) is 6.33. The molecule has 0 saturated carbocycles. The molecule has 0 amide bonds. The Bertz CT molecular complexity index is 1090. The maximum atomic E-state index is 12.3. The predicted molar refractivity (Wildman–Crippen MR) is 113 cm³/mol. The van der Waals surface area contributed by atoms with Gasteiger partial charge in [-0.1, -0.05) is 24.3 Å². The Balaban J connectivity index is 1.57. The SMILES string of the molecule is CS(=O)(=O)Nc1ccc(C(=O)/C=C/c2ccc(OCc3ccccn3)cc2)cc1. The third kappa shape index (κ3) is 6.58. The molecule has 3 aromatic rings. The number of nitrogens with zero attached hydrogens (tertiary/aromatic N) is 1. The molecular weight excluding hydrogens is 388 g/mol. The molecule has 6 nitrogen and oxygen atoms in total. The Morgan fingerprint density at radius 2 is 1.76 bits per heavy atom. The van der Waals surface area contributed by atoms with E-state index in [1.807, 2.05) is 42.5 Å². The van der Waals surface area contributed by atoms with Crippen LogP contribution < -0.4 is 9.46 Å². The lowest BCUT2D eigenvalue weighted by Gasteiger charge is -2.05. The number of anilines is 1. The zero-order chi connectivity index (χ0) is 20.7. The number of hydrogen-bond acceptors (Lipinski definition) is 5. The molecular formula is C22H20N2O4S. The summed E-state index contributed by atoms with van der Waals surface area (Å²) in [6, 6.07) is 19.3. The van der Waals surface area contributed by atoms with Gasteiger partial charge in [-0.3, -0.25) is 14.5 Å². The van der Waals surface area contributed by atoms with Gasteiger partial charge >= 0.3 is 0 Å². The van der Waals surface area contributed by atoms with E-state index in [1.54, 1.807) is 36.5 Å². The summed E-state index contributed by atoms with van der Waals surface area (Å²) in [5.41, 5.74) is 2.59. The molecule has 0 aliphatic rings. The van der Waals surface area contributed by atoms with Crippen molar-refractivity contribution in [2.45, 2.75) is 6.61 Å². The van der Waals surface area contributed by atoms with E-state index in [0.717, 1.165) is 17.5 Å². The van der Waals surface area contributed by atoms with Gasteiger partial charge in [0.2, 0.25) is 10.0 Å². The van der Waals surface area contributed by atoms with E-state index in [0.29, 0.717) is 23.6 Å². The number of ketones is 1. The van der Waals surface area contributed by atoms with Gasteiger partial charge < -0.3 is 4.74 Å². The Labute approximate surface area is 169 Å². The van der Waals surface area contributed by atoms with Gasteiger partial charge in [-0.2, -0.15) is 0 Å². The number of rotatable bonds is 8. The van der Waals surface area contributed by atoms with E-state index >= 15 is 0 Å². The van der Waals surface area contributed by atoms with Crippen molar-refractivity contribution in [1.29, 1.82) is 0 Å². The molecule has 0 saturated heterocycles. The van der Waals surface area contributed by atoms with Crippen LogP contribution in [-0.2, 0) is 16.6 Å². The van der Waals surface area contributed by atoms with Gasteiger partial charge in [0.15, 0.2) is 5.78 Å². The third-order valence-electron chi connectivity index (χ3n) is 3.89. The standard InChI is InChI=1S/C22H20N2O4S/c1-29(26,27)24-19-10-8-18(9-11-19)22(25)14-7-17-5-12-21(13-6-17)28-16-20-4-2-3-15-23-20/h2-15,24H,16H2,1H3/b14-7+. The normalized spacial score (nSPS) is 11.3. The fourth-order valence-corrected chi connectivity index (χ4v) is 3.06. The Morgan fingerprint density at radius 1 is 1.03 bits per heavy atom. The van der Waals surface area contributed by atoms with Crippen LogP contribution in [0.1, 0.15) is 21.6 Å². The molecule has 148 valence electrons. The topological polar surface area (TPSA) is 85.4 Å². The van der Waals surface area contributed by atoms with E-state index in [1.165, 1.54) is 6.08 Å². The molecule has 0 fully saturated rings. The van der Waals surface area contributed by atoms with Crippen LogP contribution in [0.2, 0.25) is 0 Å². The molecule has 0 spiro atoms. The number of carbonyl (C=O) groups excluding carboxylic acids is 1. The van der Waals surface area contributed by atoms with Crippen LogP contribution in [0.5, 0.6) is 5.75 Å². The fraction of sp³-hybridized carbons (Fsp3) is 0.0909. The van der Waals surface area contributed by atoms with Gasteiger partial charge in [-0.05, 0) is 60.2 Å². The van der Waals surface area contributed by atoms with Gasteiger partial charge in [-0.25, -0.2) is 8.42 Å².